The predicted molar refractivity (Wildman–Crippen MR) is 221 cm³/mol. The van der Waals surface area contributed by atoms with Crippen molar-refractivity contribution >= 4 is 5.78 Å². The molecular formula is C43H96O7. The van der Waals surface area contributed by atoms with Crippen LogP contribution in [0.1, 0.15) is 164 Å². The highest BCUT2D eigenvalue weighted by Crippen LogP contribution is 2.09. The second-order valence-electron chi connectivity index (χ2n) is 15.3. The Morgan fingerprint density at radius 3 is 0.960 bits per heavy atom. The predicted octanol–water partition coefficient (Wildman–Crippen LogP) is 12.0. The number of carbonyl (C=O) groups is 1. The Bertz CT molecular complexity index is 588. The lowest BCUT2D eigenvalue weighted by atomic mass is 10.1. The zero-order chi connectivity index (χ0) is 36.5. The van der Waals surface area contributed by atoms with Crippen LogP contribution in [-0.2, 0) is 33.2 Å². The molecule has 0 aliphatic carbocycles. The van der Waals surface area contributed by atoms with Gasteiger partial charge in [0.1, 0.15) is 6.61 Å². The van der Waals surface area contributed by atoms with Crippen molar-refractivity contribution in [2.75, 3.05) is 66.1 Å². The van der Waals surface area contributed by atoms with Crippen molar-refractivity contribution in [1.29, 1.82) is 0 Å². The number of hydrogen-bond donors (Lipinski definition) is 0. The Labute approximate surface area is 316 Å². The summed E-state index contributed by atoms with van der Waals surface area (Å²) < 4.78 is 33.1. The molecule has 7 heteroatoms. The molecular weight excluding hydrogens is 628 g/mol. The van der Waals surface area contributed by atoms with Gasteiger partial charge in [-0.3, -0.25) is 4.79 Å². The van der Waals surface area contributed by atoms with E-state index in [0.717, 1.165) is 110 Å². The number of hydrogen-bond acceptors (Lipinski definition) is 7. The van der Waals surface area contributed by atoms with Gasteiger partial charge in [-0.15, -0.1) is 0 Å². The average molecular weight is 725 g/mol. The first-order valence-electron chi connectivity index (χ1n) is 19.2. The summed E-state index contributed by atoms with van der Waals surface area (Å²) in [5, 5.41) is 0. The highest BCUT2D eigenvalue weighted by molar-refractivity contribution is 5.81. The minimum absolute atomic E-state index is 0. The van der Waals surface area contributed by atoms with Gasteiger partial charge in [-0.25, -0.2) is 0 Å². The van der Waals surface area contributed by atoms with E-state index in [1.54, 1.807) is 0 Å². The van der Waals surface area contributed by atoms with E-state index in [1.165, 1.54) is 0 Å². The second kappa shape index (κ2) is 44.6. The van der Waals surface area contributed by atoms with E-state index in [4.69, 9.17) is 28.4 Å². The maximum absolute atomic E-state index is 11.2. The highest BCUT2D eigenvalue weighted by Gasteiger charge is 2.13. The molecule has 50 heavy (non-hydrogen) atoms. The standard InChI is InChI=1S/C14H28O3.C14H30O2.C12H26O2.3CH4/c1-12(2)7-10-16-8-5-6-9-17-11-14(15)13(3)4;1-11(2)7-9-15-13(5)14(6)16-10-8-12(3)4;1-11(2)5-7-13-9-10-14-8-6-12(3)4;;;/h12-13H,5-11H2,1-4H3;11-14H,7-10H2,1-6H3;11-12H,5-10H2,1-4H3;3*1H4/t;13-,14-;;;;/m.1..../s1. The molecule has 0 fully saturated rings. The summed E-state index contributed by atoms with van der Waals surface area (Å²) in [6.07, 6.45) is 8.04. The lowest BCUT2D eigenvalue weighted by Crippen LogP contribution is -2.27. The third kappa shape index (κ3) is 56.8. The molecule has 2 atom stereocenters. The minimum atomic E-state index is 0. The maximum atomic E-state index is 11.2. The molecule has 310 valence electrons. The van der Waals surface area contributed by atoms with Crippen LogP contribution in [0.5, 0.6) is 0 Å². The molecule has 0 spiro atoms. The molecule has 0 saturated carbocycles. The summed E-state index contributed by atoms with van der Waals surface area (Å²) >= 11 is 0. The number of ether oxygens (including phenoxy) is 6. The van der Waals surface area contributed by atoms with Crippen LogP contribution in [0, 0.1) is 35.5 Å². The van der Waals surface area contributed by atoms with E-state index >= 15 is 0 Å². The topological polar surface area (TPSA) is 72.5 Å². The van der Waals surface area contributed by atoms with Crippen molar-refractivity contribution in [2.24, 2.45) is 35.5 Å². The third-order valence-corrected chi connectivity index (χ3v) is 7.42. The Morgan fingerprint density at radius 1 is 0.380 bits per heavy atom. The van der Waals surface area contributed by atoms with E-state index in [0.29, 0.717) is 24.4 Å². The van der Waals surface area contributed by atoms with Crippen molar-refractivity contribution in [2.45, 2.75) is 176 Å². The van der Waals surface area contributed by atoms with E-state index < -0.39 is 0 Å². The fourth-order valence-electron chi connectivity index (χ4n) is 3.38. The van der Waals surface area contributed by atoms with Gasteiger partial charge in [0.2, 0.25) is 0 Å². The first-order chi connectivity index (χ1) is 22.1. The quantitative estimate of drug-likeness (QED) is 0.0711. The number of unbranched alkanes of at least 4 members (excludes halogenated alkanes) is 1. The summed E-state index contributed by atoms with van der Waals surface area (Å²) in [6, 6.07) is 0. The molecule has 0 aromatic heterocycles. The summed E-state index contributed by atoms with van der Waals surface area (Å²) in [6.45, 7) is 37.6. The van der Waals surface area contributed by atoms with E-state index in [2.05, 4.69) is 83.1 Å². The van der Waals surface area contributed by atoms with Gasteiger partial charge in [-0.05, 0) is 88.4 Å². The van der Waals surface area contributed by atoms with E-state index in [-0.39, 0.29) is 52.8 Å². The molecule has 0 heterocycles. The molecule has 0 aromatic carbocycles. The molecule has 0 saturated heterocycles. The van der Waals surface area contributed by atoms with Gasteiger partial charge < -0.3 is 28.4 Å². The van der Waals surface area contributed by atoms with Gasteiger partial charge in [0.15, 0.2) is 5.78 Å². The molecule has 7 nitrogen and oxygen atoms in total. The molecule has 0 radical (unpaired) electrons. The fourth-order valence-corrected chi connectivity index (χ4v) is 3.38. The van der Waals surface area contributed by atoms with Crippen LogP contribution in [0.4, 0.5) is 0 Å². The van der Waals surface area contributed by atoms with Crippen LogP contribution in [0.2, 0.25) is 0 Å². The zero-order valence-corrected chi connectivity index (χ0v) is 34.0. The second-order valence-corrected chi connectivity index (χ2v) is 15.3. The molecule has 0 aromatic rings. The highest BCUT2D eigenvalue weighted by atomic mass is 16.5. The average Bonchev–Trinajstić information content (AvgIpc) is 2.97. The van der Waals surface area contributed by atoms with E-state index in [1.807, 2.05) is 13.8 Å². The largest absolute Gasteiger partial charge is 0.381 e. The van der Waals surface area contributed by atoms with Crippen LogP contribution in [0.3, 0.4) is 0 Å². The summed E-state index contributed by atoms with van der Waals surface area (Å²) in [5.74, 6) is 3.86. The van der Waals surface area contributed by atoms with Crippen molar-refractivity contribution in [3.63, 3.8) is 0 Å². The van der Waals surface area contributed by atoms with Gasteiger partial charge >= 0.3 is 0 Å². The van der Waals surface area contributed by atoms with Crippen molar-refractivity contribution in [1.82, 2.24) is 0 Å². The smallest absolute Gasteiger partial charge is 0.160 e. The minimum Gasteiger partial charge on any atom is -0.381 e. The van der Waals surface area contributed by atoms with Crippen molar-refractivity contribution < 1.29 is 33.2 Å². The number of carbonyl (C=O) groups excluding carboxylic acids is 1. The number of Topliss-reactive ketones (excluding diaryl/α,β-unsaturated/α-hetero) is 1. The molecule has 0 unspecified atom stereocenters. The van der Waals surface area contributed by atoms with Crippen LogP contribution < -0.4 is 0 Å². The molecule has 0 bridgehead atoms. The number of ketones is 1. The van der Waals surface area contributed by atoms with Crippen LogP contribution in [0.15, 0.2) is 0 Å². The van der Waals surface area contributed by atoms with Crippen LogP contribution in [0.25, 0.3) is 0 Å². The normalized spacial score (nSPS) is 12.2. The monoisotopic (exact) mass is 725 g/mol. The lowest BCUT2D eigenvalue weighted by molar-refractivity contribution is -0.126. The summed E-state index contributed by atoms with van der Waals surface area (Å²) in [5.41, 5.74) is 0. The Kier molecular flexibility index (Phi) is 54.8. The van der Waals surface area contributed by atoms with Gasteiger partial charge in [0.25, 0.3) is 0 Å². The van der Waals surface area contributed by atoms with Crippen LogP contribution in [-0.4, -0.2) is 84.1 Å². The molecule has 0 amide bonds. The van der Waals surface area contributed by atoms with Gasteiger partial charge in [-0.2, -0.15) is 0 Å². The molecule has 0 rings (SSSR count). The van der Waals surface area contributed by atoms with Gasteiger partial charge in [-0.1, -0.05) is 105 Å². The maximum Gasteiger partial charge on any atom is 0.160 e. The summed E-state index contributed by atoms with van der Waals surface area (Å²) in [4.78, 5) is 11.2. The third-order valence-electron chi connectivity index (χ3n) is 7.42. The Balaban J connectivity index is -0.000000142. The fraction of sp³-hybridized carbons (Fsp3) is 0.977. The lowest BCUT2D eigenvalue weighted by Gasteiger charge is -2.22. The SMILES string of the molecule is C.C.C.CC(C)CCOCCCCOCC(=O)C(C)C.CC(C)CCOCCOCCC(C)C.CC(C)CCO[C@H](C)[C@@H](C)OCCC(C)C. The molecule has 0 N–H and O–H groups in total. The van der Waals surface area contributed by atoms with Crippen LogP contribution >= 0.6 is 0 Å². The zero-order valence-electron chi connectivity index (χ0n) is 34.0. The van der Waals surface area contributed by atoms with Crippen molar-refractivity contribution in [3.05, 3.63) is 0 Å². The van der Waals surface area contributed by atoms with Crippen molar-refractivity contribution in [3.8, 4) is 0 Å². The van der Waals surface area contributed by atoms with E-state index in [9.17, 15) is 4.79 Å². The first kappa shape index (κ1) is 61.5. The number of rotatable bonds is 29. The van der Waals surface area contributed by atoms with Gasteiger partial charge in [0.05, 0.1) is 25.4 Å². The Morgan fingerprint density at radius 2 is 0.660 bits per heavy atom. The van der Waals surface area contributed by atoms with Gasteiger partial charge in [0, 0.05) is 52.2 Å². The first-order valence-corrected chi connectivity index (χ1v) is 19.2. The molecule has 0 aliphatic rings. The molecule has 0 aliphatic heterocycles. The summed E-state index contributed by atoms with van der Waals surface area (Å²) in [7, 11) is 0. The Hall–Kier alpha value is -0.570.